The number of allylic oxidation sites excluding steroid dienone is 1. The van der Waals surface area contributed by atoms with Gasteiger partial charge in [0.25, 0.3) is 0 Å². The maximum absolute atomic E-state index is 13.3. The van der Waals surface area contributed by atoms with Crippen molar-refractivity contribution in [1.29, 1.82) is 0 Å². The van der Waals surface area contributed by atoms with Crippen molar-refractivity contribution in [3.63, 3.8) is 0 Å². The van der Waals surface area contributed by atoms with Gasteiger partial charge in [-0.3, -0.25) is 9.59 Å². The summed E-state index contributed by atoms with van der Waals surface area (Å²) >= 11 is 0. The quantitative estimate of drug-likeness (QED) is 0.442. The highest BCUT2D eigenvalue weighted by Gasteiger charge is 2.35. The predicted octanol–water partition coefficient (Wildman–Crippen LogP) is 5.10. The Kier molecular flexibility index (Phi) is 8.06. The Bertz CT molecular complexity index is 1240. The van der Waals surface area contributed by atoms with Crippen LogP contribution in [-0.2, 0) is 19.1 Å². The molecule has 0 saturated carbocycles. The third-order valence-electron chi connectivity index (χ3n) is 6.71. The second kappa shape index (κ2) is 11.4. The summed E-state index contributed by atoms with van der Waals surface area (Å²) in [5, 5.41) is 11.4. The highest BCUT2D eigenvalue weighted by molar-refractivity contribution is 5.98. The van der Waals surface area contributed by atoms with E-state index in [9.17, 15) is 24.3 Å². The van der Waals surface area contributed by atoms with Crippen LogP contribution in [0.3, 0.4) is 0 Å². The number of ether oxygens (including phenoxy) is 3. The number of benzene rings is 2. The third kappa shape index (κ3) is 5.90. The van der Waals surface area contributed by atoms with E-state index in [4.69, 9.17) is 14.2 Å². The molecule has 0 aromatic heterocycles. The summed E-state index contributed by atoms with van der Waals surface area (Å²) in [5.74, 6) is -2.20. The van der Waals surface area contributed by atoms with E-state index in [0.29, 0.717) is 60.8 Å². The van der Waals surface area contributed by atoms with E-state index < -0.39 is 29.9 Å². The Morgan fingerprint density at radius 1 is 1.08 bits per heavy atom. The van der Waals surface area contributed by atoms with Gasteiger partial charge in [0, 0.05) is 24.3 Å². The van der Waals surface area contributed by atoms with Crippen LogP contribution >= 0.6 is 0 Å². The lowest BCUT2D eigenvalue weighted by molar-refractivity contribution is -0.135. The van der Waals surface area contributed by atoms with E-state index in [2.05, 4.69) is 0 Å². The first kappa shape index (κ1) is 26.1. The van der Waals surface area contributed by atoms with Crippen LogP contribution in [0, 0.1) is 0 Å². The van der Waals surface area contributed by atoms with Gasteiger partial charge in [0.1, 0.15) is 22.8 Å². The van der Waals surface area contributed by atoms with Crippen LogP contribution in [0.1, 0.15) is 95.2 Å². The monoisotopic (exact) mass is 506 g/mol. The molecule has 0 unspecified atom stereocenters. The van der Waals surface area contributed by atoms with Crippen molar-refractivity contribution in [3.05, 3.63) is 64.2 Å². The average molecular weight is 507 g/mol. The van der Waals surface area contributed by atoms with Crippen LogP contribution in [0.5, 0.6) is 11.5 Å². The van der Waals surface area contributed by atoms with E-state index in [1.165, 1.54) is 7.11 Å². The summed E-state index contributed by atoms with van der Waals surface area (Å²) in [6, 6.07) is 8.11. The topological polar surface area (TPSA) is 116 Å². The molecule has 0 aliphatic carbocycles. The van der Waals surface area contributed by atoms with Crippen molar-refractivity contribution in [2.75, 3.05) is 7.11 Å². The smallest absolute Gasteiger partial charge is 0.342 e. The number of hydrogen-bond acceptors (Lipinski definition) is 8. The Hall–Kier alpha value is -3.94. The molecule has 2 aromatic carbocycles. The van der Waals surface area contributed by atoms with Gasteiger partial charge in [0.15, 0.2) is 0 Å². The van der Waals surface area contributed by atoms with Gasteiger partial charge in [0.05, 0.1) is 25.2 Å². The number of cyclic esters (lactones) is 1. The molecule has 0 radical (unpaired) electrons. The second-order valence-electron chi connectivity index (χ2n) is 9.39. The molecule has 1 N–H and O–H groups in total. The molecule has 8 heteroatoms. The van der Waals surface area contributed by atoms with Gasteiger partial charge >= 0.3 is 17.9 Å². The lowest BCUT2D eigenvalue weighted by Gasteiger charge is -2.27. The molecule has 4 rings (SSSR count). The first-order chi connectivity index (χ1) is 17.8. The van der Waals surface area contributed by atoms with Gasteiger partial charge in [0.2, 0.25) is 0 Å². The molecule has 2 heterocycles. The number of phenols is 1. The molecule has 8 nitrogen and oxygen atoms in total. The Morgan fingerprint density at radius 3 is 2.54 bits per heavy atom. The number of rotatable bonds is 2. The van der Waals surface area contributed by atoms with E-state index in [0.717, 1.165) is 0 Å². The van der Waals surface area contributed by atoms with E-state index in [-0.39, 0.29) is 29.3 Å². The summed E-state index contributed by atoms with van der Waals surface area (Å²) in [4.78, 5) is 49.7. The summed E-state index contributed by atoms with van der Waals surface area (Å²) in [7, 11) is 1.29. The number of Topliss-reactive ketones (excluding diaryl/α,β-unsaturated/α-hetero) is 1. The molecular formula is C29H30O8. The van der Waals surface area contributed by atoms with E-state index >= 15 is 0 Å². The number of ketones is 1. The Morgan fingerprint density at radius 2 is 1.81 bits per heavy atom. The van der Waals surface area contributed by atoms with Crippen molar-refractivity contribution in [3.8, 4) is 11.5 Å². The van der Waals surface area contributed by atoms with Gasteiger partial charge in [-0.1, -0.05) is 24.3 Å². The minimum Gasteiger partial charge on any atom is -0.507 e. The highest BCUT2D eigenvalue weighted by atomic mass is 16.5. The maximum atomic E-state index is 13.3. The molecule has 0 amide bonds. The molecule has 0 bridgehead atoms. The highest BCUT2D eigenvalue weighted by Crippen LogP contribution is 2.47. The molecule has 0 fully saturated rings. The maximum Gasteiger partial charge on any atom is 0.342 e. The van der Waals surface area contributed by atoms with Gasteiger partial charge < -0.3 is 19.3 Å². The van der Waals surface area contributed by atoms with E-state index in [1.54, 1.807) is 43.3 Å². The second-order valence-corrected chi connectivity index (χ2v) is 9.39. The van der Waals surface area contributed by atoms with Crippen molar-refractivity contribution < 1.29 is 38.5 Å². The minimum absolute atomic E-state index is 0.00381. The number of methoxy groups -OCH3 is 1. The molecule has 37 heavy (non-hydrogen) atoms. The van der Waals surface area contributed by atoms with Crippen LogP contribution in [0.2, 0.25) is 0 Å². The largest absolute Gasteiger partial charge is 0.507 e. The fourth-order valence-corrected chi connectivity index (χ4v) is 4.77. The normalized spacial score (nSPS) is 20.6. The van der Waals surface area contributed by atoms with Crippen molar-refractivity contribution >= 4 is 29.8 Å². The Labute approximate surface area is 215 Å². The third-order valence-corrected chi connectivity index (χ3v) is 6.71. The Balaban J connectivity index is 1.78. The molecule has 2 aliphatic rings. The van der Waals surface area contributed by atoms with Crippen LogP contribution in [0.15, 0.2) is 36.4 Å². The number of hydrogen-bond donors (Lipinski definition) is 1. The summed E-state index contributed by atoms with van der Waals surface area (Å²) in [5.41, 5.74) is 1.70. The zero-order valence-corrected chi connectivity index (χ0v) is 21.0. The molecule has 2 aromatic rings. The number of fused-ring (bicyclic) bond motifs is 2. The number of phenolic OH excluding ortho intramolecular Hbond substituents is 1. The fraction of sp³-hybridized carbons (Fsp3) is 0.379. The van der Waals surface area contributed by atoms with Crippen LogP contribution in [0.4, 0.5) is 0 Å². The minimum atomic E-state index is -0.687. The van der Waals surface area contributed by atoms with Crippen molar-refractivity contribution in [1.82, 2.24) is 0 Å². The number of carbonyl (C=O) groups is 4. The molecule has 2 aliphatic heterocycles. The predicted molar refractivity (Wildman–Crippen MR) is 135 cm³/mol. The fourth-order valence-electron chi connectivity index (χ4n) is 4.77. The number of esters is 3. The molecular weight excluding hydrogens is 476 g/mol. The van der Waals surface area contributed by atoms with Gasteiger partial charge in [-0.15, -0.1) is 0 Å². The number of aromatic hydroxyl groups is 1. The molecule has 0 spiro atoms. The lowest BCUT2D eigenvalue weighted by Crippen LogP contribution is -2.23. The first-order valence-corrected chi connectivity index (χ1v) is 12.5. The number of carbonyl (C=O) groups excluding carboxylic acids is 4. The van der Waals surface area contributed by atoms with Crippen molar-refractivity contribution in [2.45, 2.75) is 63.9 Å². The van der Waals surface area contributed by atoms with Crippen LogP contribution < -0.4 is 4.74 Å². The van der Waals surface area contributed by atoms with Gasteiger partial charge in [-0.05, 0) is 61.9 Å². The first-order valence-electron chi connectivity index (χ1n) is 12.5. The van der Waals surface area contributed by atoms with Crippen LogP contribution in [-0.4, -0.2) is 42.0 Å². The van der Waals surface area contributed by atoms with Crippen LogP contribution in [0.25, 0.3) is 6.08 Å². The standard InChI is InChI=1S/C29H30O8/c1-17-7-6-10-21(30)9-5-3-4-8-20-15-23-26(27(32)25(20)29(34)36-17)22(16-24(31)37-23)18-11-13-19(14-12-18)28(33)35-2/h4,8,11-15,17,22,32H,3,5-7,9-10,16H2,1-2H3/t17-,22-/m0/s1. The molecule has 0 saturated heterocycles. The SMILES string of the molecule is COC(=O)c1ccc([C@@H]2CC(=O)Oc3cc4c(c(O)c32)C(=O)O[C@@H](C)CCCC(=O)CCCC=C4)cc1. The summed E-state index contributed by atoms with van der Waals surface area (Å²) in [6.07, 6.45) is 6.38. The lowest BCUT2D eigenvalue weighted by atomic mass is 9.83. The molecule has 2 atom stereocenters. The average Bonchev–Trinajstić information content (AvgIpc) is 2.87. The zero-order chi connectivity index (χ0) is 26.5. The van der Waals surface area contributed by atoms with Gasteiger partial charge in [-0.25, -0.2) is 9.59 Å². The summed E-state index contributed by atoms with van der Waals surface area (Å²) in [6.45, 7) is 1.76. The zero-order valence-electron chi connectivity index (χ0n) is 21.0. The van der Waals surface area contributed by atoms with E-state index in [1.807, 2.05) is 6.08 Å². The van der Waals surface area contributed by atoms with Gasteiger partial charge in [-0.2, -0.15) is 0 Å². The summed E-state index contributed by atoms with van der Waals surface area (Å²) < 4.78 is 15.9. The molecule has 194 valence electrons. The van der Waals surface area contributed by atoms with Crippen molar-refractivity contribution in [2.24, 2.45) is 0 Å².